The number of aryl methyl sites for hydroxylation is 4. The zero-order valence-electron chi connectivity index (χ0n) is 21.8. The molecule has 0 spiro atoms. The smallest absolute Gasteiger partial charge is 0.235 e. The van der Waals surface area contributed by atoms with Crippen LogP contribution in [-0.4, -0.2) is 33.3 Å². The lowest BCUT2D eigenvalue weighted by atomic mass is 9.61. The zero-order valence-corrected chi connectivity index (χ0v) is 21.8. The summed E-state index contributed by atoms with van der Waals surface area (Å²) in [4.78, 5) is 45.0. The van der Waals surface area contributed by atoms with Crippen molar-refractivity contribution in [3.05, 3.63) is 88.7 Å². The van der Waals surface area contributed by atoms with Gasteiger partial charge in [-0.15, -0.1) is 0 Å². The van der Waals surface area contributed by atoms with Crippen LogP contribution in [0.3, 0.4) is 0 Å². The lowest BCUT2D eigenvalue weighted by Gasteiger charge is -2.44. The second-order valence-corrected chi connectivity index (χ2v) is 10.4. The van der Waals surface area contributed by atoms with Gasteiger partial charge in [-0.2, -0.15) is 0 Å². The maximum absolute atomic E-state index is 13.8. The van der Waals surface area contributed by atoms with Crippen molar-refractivity contribution >= 4 is 29.0 Å². The molecular weight excluding hydrogens is 466 g/mol. The normalized spacial score (nSPS) is 23.4. The lowest BCUT2D eigenvalue weighted by molar-refractivity contribution is -0.150. The molecule has 0 radical (unpaired) electrons. The number of ketones is 1. The number of carbonyl (C=O) groups excluding carboxylic acids is 3. The number of aliphatic hydroxyl groups is 1. The molecule has 192 valence electrons. The van der Waals surface area contributed by atoms with Crippen LogP contribution in [0.25, 0.3) is 0 Å². The fourth-order valence-corrected chi connectivity index (χ4v) is 5.24. The molecule has 1 aliphatic carbocycles. The Kier molecular flexibility index (Phi) is 7.28. The minimum Gasteiger partial charge on any atom is -0.389 e. The summed E-state index contributed by atoms with van der Waals surface area (Å²) in [6.45, 7) is 9.11. The van der Waals surface area contributed by atoms with Crippen LogP contribution in [0.4, 0.5) is 11.4 Å². The monoisotopic (exact) mass is 499 g/mol. The van der Waals surface area contributed by atoms with Gasteiger partial charge in [0.2, 0.25) is 11.8 Å². The number of amides is 2. The molecule has 3 aromatic rings. The maximum atomic E-state index is 13.8. The van der Waals surface area contributed by atoms with E-state index in [2.05, 4.69) is 15.6 Å². The van der Waals surface area contributed by atoms with Crippen molar-refractivity contribution in [2.24, 2.45) is 11.8 Å². The second-order valence-electron chi connectivity index (χ2n) is 10.4. The number of benzene rings is 2. The summed E-state index contributed by atoms with van der Waals surface area (Å²) in [5, 5.41) is 17.3. The average Bonchev–Trinajstić information content (AvgIpc) is 2.83. The predicted molar refractivity (Wildman–Crippen MR) is 143 cm³/mol. The Morgan fingerprint density at radius 3 is 1.92 bits per heavy atom. The van der Waals surface area contributed by atoms with Crippen LogP contribution in [0.5, 0.6) is 0 Å². The van der Waals surface area contributed by atoms with Crippen molar-refractivity contribution in [3.63, 3.8) is 0 Å². The second kappa shape index (κ2) is 10.3. The molecule has 2 aromatic carbocycles. The average molecular weight is 500 g/mol. The summed E-state index contributed by atoms with van der Waals surface area (Å²) in [6, 6.07) is 14.8. The van der Waals surface area contributed by atoms with Crippen LogP contribution in [-0.2, 0) is 14.4 Å². The quantitative estimate of drug-likeness (QED) is 0.444. The Morgan fingerprint density at radius 1 is 0.865 bits per heavy atom. The SMILES string of the molecule is Cc1ccc(C)c(NC(=O)C2C(=O)CC(C)(O)C(C(=O)Nc3cc(C)ccc3C)C2c2ccncc2)c1. The van der Waals surface area contributed by atoms with E-state index in [4.69, 9.17) is 0 Å². The first-order valence-corrected chi connectivity index (χ1v) is 12.4. The molecule has 3 N–H and O–H groups in total. The van der Waals surface area contributed by atoms with E-state index in [1.165, 1.54) is 6.92 Å². The molecule has 4 rings (SSSR count). The summed E-state index contributed by atoms with van der Waals surface area (Å²) in [6.07, 6.45) is 2.80. The van der Waals surface area contributed by atoms with E-state index in [9.17, 15) is 19.5 Å². The molecule has 7 heteroatoms. The van der Waals surface area contributed by atoms with Crippen LogP contribution < -0.4 is 10.6 Å². The highest BCUT2D eigenvalue weighted by Crippen LogP contribution is 2.46. The molecular formula is C30H33N3O4. The van der Waals surface area contributed by atoms with Crippen molar-refractivity contribution in [2.75, 3.05) is 10.6 Å². The van der Waals surface area contributed by atoms with Crippen molar-refractivity contribution in [1.29, 1.82) is 0 Å². The predicted octanol–water partition coefficient (Wildman–Crippen LogP) is 4.63. The largest absolute Gasteiger partial charge is 0.389 e. The van der Waals surface area contributed by atoms with Gasteiger partial charge in [-0.3, -0.25) is 19.4 Å². The van der Waals surface area contributed by atoms with E-state index in [-0.39, 0.29) is 6.42 Å². The molecule has 0 aliphatic heterocycles. The van der Waals surface area contributed by atoms with Crippen molar-refractivity contribution in [2.45, 2.75) is 52.6 Å². The van der Waals surface area contributed by atoms with Crippen LogP contribution in [0.1, 0.15) is 47.1 Å². The van der Waals surface area contributed by atoms with Crippen LogP contribution in [0, 0.1) is 39.5 Å². The summed E-state index contributed by atoms with van der Waals surface area (Å²) in [5.74, 6) is -4.49. The minimum absolute atomic E-state index is 0.315. The van der Waals surface area contributed by atoms with Gasteiger partial charge in [-0.25, -0.2) is 0 Å². The van der Waals surface area contributed by atoms with Crippen molar-refractivity contribution in [3.8, 4) is 0 Å². The van der Waals surface area contributed by atoms with Crippen LogP contribution in [0.2, 0.25) is 0 Å². The van der Waals surface area contributed by atoms with Crippen molar-refractivity contribution < 1.29 is 19.5 Å². The number of hydrogen-bond acceptors (Lipinski definition) is 5. The topological polar surface area (TPSA) is 108 Å². The fraction of sp³-hybridized carbons (Fsp3) is 0.333. The number of anilines is 2. The summed E-state index contributed by atoms with van der Waals surface area (Å²) < 4.78 is 0. The lowest BCUT2D eigenvalue weighted by Crippen LogP contribution is -2.56. The van der Waals surface area contributed by atoms with E-state index < -0.39 is 41.0 Å². The van der Waals surface area contributed by atoms with Crippen LogP contribution in [0.15, 0.2) is 60.9 Å². The zero-order chi connectivity index (χ0) is 26.9. The minimum atomic E-state index is -1.66. The summed E-state index contributed by atoms with van der Waals surface area (Å²) in [5.41, 5.74) is 3.84. The number of nitrogens with one attached hydrogen (secondary N) is 2. The Morgan fingerprint density at radius 2 is 1.38 bits per heavy atom. The molecule has 1 aromatic heterocycles. The van der Waals surface area contributed by atoms with Gasteiger partial charge in [-0.05, 0) is 86.7 Å². The van der Waals surface area contributed by atoms with E-state index in [0.29, 0.717) is 16.9 Å². The molecule has 4 atom stereocenters. The van der Waals surface area contributed by atoms with Gasteiger partial charge in [0.15, 0.2) is 0 Å². The van der Waals surface area contributed by atoms with E-state index >= 15 is 0 Å². The van der Waals surface area contributed by atoms with Gasteiger partial charge in [0.05, 0.1) is 11.5 Å². The molecule has 0 saturated heterocycles. The number of nitrogens with zero attached hydrogens (tertiary/aromatic N) is 1. The Balaban J connectivity index is 1.77. The van der Waals surface area contributed by atoms with Gasteiger partial charge < -0.3 is 15.7 Å². The summed E-state index contributed by atoms with van der Waals surface area (Å²) >= 11 is 0. The Bertz CT molecular complexity index is 1350. The molecule has 1 heterocycles. The molecule has 7 nitrogen and oxygen atoms in total. The van der Waals surface area contributed by atoms with E-state index in [1.807, 2.05) is 64.1 Å². The number of Topliss-reactive ketones (excluding diaryl/α,β-unsaturated/α-hetero) is 1. The number of carbonyl (C=O) groups is 3. The Labute approximate surface area is 217 Å². The third-order valence-electron chi connectivity index (χ3n) is 7.23. The maximum Gasteiger partial charge on any atom is 0.235 e. The first kappa shape index (κ1) is 26.2. The van der Waals surface area contributed by atoms with Gasteiger partial charge >= 0.3 is 0 Å². The van der Waals surface area contributed by atoms with Crippen LogP contribution >= 0.6 is 0 Å². The van der Waals surface area contributed by atoms with Crippen molar-refractivity contribution in [1.82, 2.24) is 4.98 Å². The standard InChI is InChI=1S/C30H33N3O4/c1-17-6-8-19(3)22(14-17)32-28(35)26-24(34)16-30(5,37)27(25(26)21-10-12-31-13-11-21)29(36)33-23-15-18(2)7-9-20(23)4/h6-15,25-27,37H,16H2,1-5H3,(H,32,35)(H,33,36). The fourth-order valence-electron chi connectivity index (χ4n) is 5.24. The first-order valence-electron chi connectivity index (χ1n) is 12.4. The Hall–Kier alpha value is -3.84. The number of aromatic nitrogens is 1. The molecule has 1 fully saturated rings. The molecule has 1 saturated carbocycles. The number of rotatable bonds is 5. The third-order valence-corrected chi connectivity index (χ3v) is 7.23. The summed E-state index contributed by atoms with van der Waals surface area (Å²) in [7, 11) is 0. The molecule has 2 amide bonds. The van der Waals surface area contributed by atoms with Gasteiger partial charge in [0.25, 0.3) is 0 Å². The molecule has 0 bridgehead atoms. The highest BCUT2D eigenvalue weighted by molar-refractivity contribution is 6.10. The van der Waals surface area contributed by atoms with Gasteiger partial charge in [0.1, 0.15) is 11.7 Å². The third kappa shape index (κ3) is 5.47. The highest BCUT2D eigenvalue weighted by atomic mass is 16.3. The molecule has 4 unspecified atom stereocenters. The van der Waals surface area contributed by atoms with Gasteiger partial charge in [-0.1, -0.05) is 24.3 Å². The highest BCUT2D eigenvalue weighted by Gasteiger charge is 2.56. The molecule has 1 aliphatic rings. The van der Waals surface area contributed by atoms with E-state index in [1.54, 1.807) is 24.5 Å². The number of hydrogen-bond donors (Lipinski definition) is 3. The number of pyridine rings is 1. The molecule has 37 heavy (non-hydrogen) atoms. The first-order chi connectivity index (χ1) is 17.5. The van der Waals surface area contributed by atoms with E-state index in [0.717, 1.165) is 22.3 Å². The van der Waals surface area contributed by atoms with Gasteiger partial charge in [0, 0.05) is 36.1 Å².